The van der Waals surface area contributed by atoms with Crippen LogP contribution in [0.2, 0.25) is 0 Å². The van der Waals surface area contributed by atoms with Gasteiger partial charge in [0, 0.05) is 4.88 Å². The van der Waals surface area contributed by atoms with Gasteiger partial charge in [0.15, 0.2) is 0 Å². The topological polar surface area (TPSA) is 37.3 Å². The van der Waals surface area contributed by atoms with Gasteiger partial charge in [0.2, 0.25) is 0 Å². The van der Waals surface area contributed by atoms with Gasteiger partial charge in [0.25, 0.3) is 0 Å². The van der Waals surface area contributed by atoms with Crippen molar-refractivity contribution in [3.63, 3.8) is 0 Å². The fourth-order valence-electron chi connectivity index (χ4n) is 2.49. The zero-order chi connectivity index (χ0) is 10.7. The Kier molecular flexibility index (Phi) is 3.41. The average Bonchev–Trinajstić information content (AvgIpc) is 2.86. The first-order chi connectivity index (χ1) is 7.27. The third-order valence-corrected chi connectivity index (χ3v) is 4.25. The number of aryl methyl sites for hydroxylation is 1. The summed E-state index contributed by atoms with van der Waals surface area (Å²) >= 11 is 1.77. The lowest BCUT2D eigenvalue weighted by atomic mass is 9.91. The van der Waals surface area contributed by atoms with Crippen LogP contribution >= 0.6 is 11.3 Å². The molecule has 15 heavy (non-hydrogen) atoms. The molecule has 2 rings (SSSR count). The van der Waals surface area contributed by atoms with Crippen molar-refractivity contribution in [2.24, 2.45) is 11.8 Å². The summed E-state index contributed by atoms with van der Waals surface area (Å²) in [5, 5.41) is 11.1. The van der Waals surface area contributed by atoms with Gasteiger partial charge in [-0.2, -0.15) is 0 Å². The average molecular weight is 224 g/mol. The summed E-state index contributed by atoms with van der Waals surface area (Å²) in [6.45, 7) is 0. The molecule has 2 atom stereocenters. The summed E-state index contributed by atoms with van der Waals surface area (Å²) in [5.74, 6) is -0.266. The first-order valence-corrected chi connectivity index (χ1v) is 6.40. The Labute approximate surface area is 93.9 Å². The largest absolute Gasteiger partial charge is 0.481 e. The molecule has 1 aliphatic rings. The fraction of sp³-hybridized carbons (Fsp3) is 0.583. The molecule has 3 heteroatoms. The molecule has 2 nitrogen and oxygen atoms in total. The molecule has 1 heterocycles. The first kappa shape index (κ1) is 10.7. The number of carbonyl (C=O) groups is 1. The third-order valence-electron chi connectivity index (χ3n) is 3.32. The van der Waals surface area contributed by atoms with Crippen molar-refractivity contribution in [1.29, 1.82) is 0 Å². The van der Waals surface area contributed by atoms with Gasteiger partial charge >= 0.3 is 5.97 Å². The van der Waals surface area contributed by atoms with Crippen molar-refractivity contribution in [2.75, 3.05) is 0 Å². The Morgan fingerprint density at radius 1 is 1.53 bits per heavy atom. The van der Waals surface area contributed by atoms with E-state index in [2.05, 4.69) is 17.5 Å². The van der Waals surface area contributed by atoms with Crippen molar-refractivity contribution in [1.82, 2.24) is 0 Å². The van der Waals surface area contributed by atoms with E-state index in [9.17, 15) is 4.79 Å². The SMILES string of the molecule is O=C(O)C1CCCC1CCc1cccs1. The Hall–Kier alpha value is -0.830. The van der Waals surface area contributed by atoms with Crippen molar-refractivity contribution >= 4 is 17.3 Å². The van der Waals surface area contributed by atoms with Crippen LogP contribution in [0.25, 0.3) is 0 Å². The van der Waals surface area contributed by atoms with Crippen molar-refractivity contribution in [3.05, 3.63) is 22.4 Å². The lowest BCUT2D eigenvalue weighted by Crippen LogP contribution is -2.18. The van der Waals surface area contributed by atoms with Crippen LogP contribution in [-0.2, 0) is 11.2 Å². The quantitative estimate of drug-likeness (QED) is 0.852. The van der Waals surface area contributed by atoms with Crippen molar-refractivity contribution in [2.45, 2.75) is 32.1 Å². The van der Waals surface area contributed by atoms with Crippen LogP contribution < -0.4 is 0 Å². The van der Waals surface area contributed by atoms with Gasteiger partial charge in [-0.25, -0.2) is 0 Å². The molecular weight excluding hydrogens is 208 g/mol. The van der Waals surface area contributed by atoms with Crippen LogP contribution in [0.15, 0.2) is 17.5 Å². The maximum atomic E-state index is 11.0. The van der Waals surface area contributed by atoms with Crippen LogP contribution in [0.4, 0.5) is 0 Å². The van der Waals surface area contributed by atoms with Crippen LogP contribution in [-0.4, -0.2) is 11.1 Å². The van der Waals surface area contributed by atoms with Crippen LogP contribution in [0, 0.1) is 11.8 Å². The molecule has 0 saturated heterocycles. The zero-order valence-electron chi connectivity index (χ0n) is 8.69. The minimum Gasteiger partial charge on any atom is -0.481 e. The van der Waals surface area contributed by atoms with E-state index >= 15 is 0 Å². The van der Waals surface area contributed by atoms with E-state index in [4.69, 9.17) is 5.11 Å². The second kappa shape index (κ2) is 4.79. The van der Waals surface area contributed by atoms with E-state index in [0.29, 0.717) is 5.92 Å². The molecule has 1 fully saturated rings. The van der Waals surface area contributed by atoms with Gasteiger partial charge in [-0.05, 0) is 43.0 Å². The molecule has 82 valence electrons. The monoisotopic (exact) mass is 224 g/mol. The molecule has 1 N–H and O–H groups in total. The number of rotatable bonds is 4. The summed E-state index contributed by atoms with van der Waals surface area (Å²) in [7, 11) is 0. The second-order valence-electron chi connectivity index (χ2n) is 4.25. The predicted octanol–water partition coefficient (Wildman–Crippen LogP) is 3.18. The summed E-state index contributed by atoms with van der Waals surface area (Å²) in [5.41, 5.74) is 0. The van der Waals surface area contributed by atoms with Gasteiger partial charge < -0.3 is 5.11 Å². The van der Waals surface area contributed by atoms with Gasteiger partial charge in [-0.1, -0.05) is 12.5 Å². The summed E-state index contributed by atoms with van der Waals surface area (Å²) < 4.78 is 0. The summed E-state index contributed by atoms with van der Waals surface area (Å²) in [4.78, 5) is 12.4. The van der Waals surface area contributed by atoms with Crippen LogP contribution in [0.3, 0.4) is 0 Å². The highest BCUT2D eigenvalue weighted by Crippen LogP contribution is 2.35. The lowest BCUT2D eigenvalue weighted by molar-refractivity contribution is -0.143. The van der Waals surface area contributed by atoms with Crippen molar-refractivity contribution < 1.29 is 9.90 Å². The standard InChI is InChI=1S/C12H16O2S/c13-12(14)11-5-1-3-9(11)6-7-10-4-2-8-15-10/h2,4,8-9,11H,1,3,5-7H2,(H,13,14). The molecule has 0 radical (unpaired) electrons. The van der Waals surface area contributed by atoms with E-state index < -0.39 is 5.97 Å². The maximum absolute atomic E-state index is 11.0. The highest BCUT2D eigenvalue weighted by atomic mass is 32.1. The number of carboxylic acid groups (broad SMARTS) is 1. The Morgan fingerprint density at radius 3 is 3.07 bits per heavy atom. The van der Waals surface area contributed by atoms with Crippen molar-refractivity contribution in [3.8, 4) is 0 Å². The number of aliphatic carboxylic acids is 1. The van der Waals surface area contributed by atoms with E-state index in [0.717, 1.165) is 32.1 Å². The van der Waals surface area contributed by atoms with Gasteiger partial charge in [-0.15, -0.1) is 11.3 Å². The van der Waals surface area contributed by atoms with E-state index in [1.807, 2.05) is 0 Å². The smallest absolute Gasteiger partial charge is 0.306 e. The molecule has 0 aliphatic heterocycles. The number of thiophene rings is 1. The van der Waals surface area contributed by atoms with Gasteiger partial charge in [0.05, 0.1) is 5.92 Å². The van der Waals surface area contributed by atoms with Gasteiger partial charge in [0.1, 0.15) is 0 Å². The molecule has 2 unspecified atom stereocenters. The van der Waals surface area contributed by atoms with E-state index in [1.165, 1.54) is 4.88 Å². The molecule has 0 aromatic carbocycles. The van der Waals surface area contributed by atoms with E-state index in [1.54, 1.807) is 11.3 Å². The molecule has 1 saturated carbocycles. The van der Waals surface area contributed by atoms with Crippen LogP contribution in [0.1, 0.15) is 30.6 Å². The number of hydrogen-bond acceptors (Lipinski definition) is 2. The lowest BCUT2D eigenvalue weighted by Gasteiger charge is -2.14. The summed E-state index contributed by atoms with van der Waals surface area (Å²) in [6.07, 6.45) is 5.16. The molecule has 0 bridgehead atoms. The number of carboxylic acids is 1. The van der Waals surface area contributed by atoms with Gasteiger partial charge in [-0.3, -0.25) is 4.79 Å². The normalized spacial score (nSPS) is 25.6. The molecule has 1 aromatic rings. The highest BCUT2D eigenvalue weighted by Gasteiger charge is 2.32. The second-order valence-corrected chi connectivity index (χ2v) is 5.29. The molecule has 1 aromatic heterocycles. The molecule has 1 aliphatic carbocycles. The Balaban J connectivity index is 1.86. The minimum atomic E-state index is -0.594. The first-order valence-electron chi connectivity index (χ1n) is 5.52. The number of hydrogen-bond donors (Lipinski definition) is 1. The third kappa shape index (κ3) is 2.59. The molecule has 0 spiro atoms. The molecular formula is C12H16O2S. The summed E-state index contributed by atoms with van der Waals surface area (Å²) in [6, 6.07) is 4.19. The zero-order valence-corrected chi connectivity index (χ0v) is 9.50. The Bertz CT molecular complexity index is 318. The predicted molar refractivity (Wildman–Crippen MR) is 61.1 cm³/mol. The van der Waals surface area contributed by atoms with Crippen LogP contribution in [0.5, 0.6) is 0 Å². The minimum absolute atomic E-state index is 0.0787. The maximum Gasteiger partial charge on any atom is 0.306 e. The van der Waals surface area contributed by atoms with E-state index in [-0.39, 0.29) is 5.92 Å². The Morgan fingerprint density at radius 2 is 2.40 bits per heavy atom. The fourth-order valence-corrected chi connectivity index (χ4v) is 3.21. The molecule has 0 amide bonds. The highest BCUT2D eigenvalue weighted by molar-refractivity contribution is 7.09.